The van der Waals surface area contributed by atoms with Gasteiger partial charge in [0, 0.05) is 18.4 Å². The molecule has 0 radical (unpaired) electrons. The van der Waals surface area contributed by atoms with Crippen molar-refractivity contribution in [1.82, 2.24) is 0 Å². The first kappa shape index (κ1) is 30.7. The van der Waals surface area contributed by atoms with Crippen molar-refractivity contribution >= 4 is 24.7 Å². The molecule has 40 heavy (non-hydrogen) atoms. The van der Waals surface area contributed by atoms with Crippen LogP contribution in [0.1, 0.15) is 74.1 Å². The average Bonchev–Trinajstić information content (AvgIpc) is 2.91. The maximum atomic E-state index is 11.9. The zero-order chi connectivity index (χ0) is 29.0. The number of carbonyl (C=O) groups is 1. The first-order chi connectivity index (χ1) is 18.9. The Hall–Kier alpha value is -2.25. The van der Waals surface area contributed by atoms with E-state index in [1.165, 1.54) is 10.4 Å². The summed E-state index contributed by atoms with van der Waals surface area (Å²) in [6, 6.07) is 21.5. The van der Waals surface area contributed by atoms with Gasteiger partial charge in [-0.25, -0.2) is 4.79 Å². The standard InChI is InChI=1S/C34H48O5Si/c1-8-26-20-22-31(35)37-32(26)25(2)19-21-27-23-28(39-34(6,7)38-27)24-36-40(33(3,4)5,29-15-11-9-12-16-29)30-17-13-10-14-18-30/h9-18,20,22,25-28,32H,8,19,21,23-24H2,1-7H3/t25-,26-,27-,28+,32-/m1/s1. The molecule has 4 rings (SSSR count). The second kappa shape index (κ2) is 12.7. The van der Waals surface area contributed by atoms with Crippen molar-refractivity contribution in [3.8, 4) is 0 Å². The Morgan fingerprint density at radius 3 is 2.10 bits per heavy atom. The zero-order valence-electron chi connectivity index (χ0n) is 25.4. The van der Waals surface area contributed by atoms with Crippen molar-refractivity contribution in [1.29, 1.82) is 0 Å². The van der Waals surface area contributed by atoms with Gasteiger partial charge in [0.2, 0.25) is 0 Å². The highest BCUT2D eigenvalue weighted by atomic mass is 28.4. The van der Waals surface area contributed by atoms with Gasteiger partial charge in [-0.3, -0.25) is 0 Å². The molecule has 218 valence electrons. The molecule has 2 aliphatic heterocycles. The van der Waals surface area contributed by atoms with Crippen LogP contribution in [0, 0.1) is 11.8 Å². The maximum absolute atomic E-state index is 11.9. The molecule has 0 N–H and O–H groups in total. The molecule has 2 aliphatic rings. The van der Waals surface area contributed by atoms with Gasteiger partial charge in [0.15, 0.2) is 5.79 Å². The van der Waals surface area contributed by atoms with Crippen LogP contribution in [0.25, 0.3) is 0 Å². The molecular weight excluding hydrogens is 516 g/mol. The number of cyclic esters (lactones) is 1. The minimum absolute atomic E-state index is 0.0499. The number of ether oxygens (including phenoxy) is 3. The Labute approximate surface area is 242 Å². The lowest BCUT2D eigenvalue weighted by atomic mass is 9.85. The first-order valence-corrected chi connectivity index (χ1v) is 16.9. The molecular formula is C34H48O5Si. The van der Waals surface area contributed by atoms with E-state index in [0.29, 0.717) is 6.61 Å². The van der Waals surface area contributed by atoms with E-state index < -0.39 is 14.1 Å². The number of rotatable bonds is 10. The Morgan fingerprint density at radius 2 is 1.55 bits per heavy atom. The average molecular weight is 565 g/mol. The van der Waals surface area contributed by atoms with Crippen molar-refractivity contribution in [3.63, 3.8) is 0 Å². The lowest BCUT2D eigenvalue weighted by molar-refractivity contribution is -0.304. The van der Waals surface area contributed by atoms with Crippen molar-refractivity contribution in [3.05, 3.63) is 72.8 Å². The Balaban J connectivity index is 1.50. The summed E-state index contributed by atoms with van der Waals surface area (Å²) < 4.78 is 25.8. The number of benzene rings is 2. The highest BCUT2D eigenvalue weighted by Gasteiger charge is 2.51. The van der Waals surface area contributed by atoms with Crippen LogP contribution in [0.5, 0.6) is 0 Å². The topological polar surface area (TPSA) is 54.0 Å². The molecule has 5 atom stereocenters. The van der Waals surface area contributed by atoms with Crippen LogP contribution in [0.2, 0.25) is 5.04 Å². The molecule has 1 fully saturated rings. The second-order valence-electron chi connectivity index (χ2n) is 13.0. The van der Waals surface area contributed by atoms with E-state index >= 15 is 0 Å². The summed E-state index contributed by atoms with van der Waals surface area (Å²) in [7, 11) is -2.65. The van der Waals surface area contributed by atoms with Crippen LogP contribution >= 0.6 is 0 Å². The van der Waals surface area contributed by atoms with Gasteiger partial charge in [-0.1, -0.05) is 101 Å². The monoisotopic (exact) mass is 564 g/mol. The SMILES string of the molecule is CC[C@@H]1C=CC(=O)O[C@@H]1[C@H](C)CC[C@@H]1C[C@@H](CO[Si](c2ccccc2)(c2ccccc2)C(C)(C)C)OC(C)(C)O1. The van der Waals surface area contributed by atoms with Crippen molar-refractivity contribution in [2.45, 2.75) is 103 Å². The van der Waals surface area contributed by atoms with E-state index in [-0.39, 0.29) is 41.2 Å². The summed E-state index contributed by atoms with van der Waals surface area (Å²) in [5.74, 6) is -0.407. The molecule has 0 unspecified atom stereocenters. The van der Waals surface area contributed by atoms with E-state index in [4.69, 9.17) is 18.6 Å². The molecule has 0 bridgehead atoms. The molecule has 0 aliphatic carbocycles. The molecule has 6 heteroatoms. The number of esters is 1. The van der Waals surface area contributed by atoms with Gasteiger partial charge < -0.3 is 18.6 Å². The van der Waals surface area contributed by atoms with Crippen LogP contribution in [-0.2, 0) is 23.4 Å². The third-order valence-electron chi connectivity index (χ3n) is 8.46. The fourth-order valence-corrected chi connectivity index (χ4v) is 11.2. The van der Waals surface area contributed by atoms with Gasteiger partial charge in [-0.05, 0) is 54.4 Å². The summed E-state index contributed by atoms with van der Waals surface area (Å²) in [6.07, 6.45) is 7.01. The van der Waals surface area contributed by atoms with Crippen molar-refractivity contribution in [2.24, 2.45) is 11.8 Å². The maximum Gasteiger partial charge on any atom is 0.330 e. The van der Waals surface area contributed by atoms with Crippen molar-refractivity contribution in [2.75, 3.05) is 6.61 Å². The summed E-state index contributed by atoms with van der Waals surface area (Å²) in [6.45, 7) is 15.7. The Bertz CT molecular complexity index is 1080. The summed E-state index contributed by atoms with van der Waals surface area (Å²) in [5, 5.41) is 2.45. The van der Waals surface area contributed by atoms with Crippen LogP contribution in [0.4, 0.5) is 0 Å². The minimum Gasteiger partial charge on any atom is -0.458 e. The highest BCUT2D eigenvalue weighted by molar-refractivity contribution is 6.99. The number of carbonyl (C=O) groups excluding carboxylic acids is 1. The Morgan fingerprint density at radius 1 is 0.975 bits per heavy atom. The summed E-state index contributed by atoms with van der Waals surface area (Å²) in [5.41, 5.74) is 0. The lowest BCUT2D eigenvalue weighted by Gasteiger charge is -2.46. The van der Waals surface area contributed by atoms with Crippen LogP contribution in [0.15, 0.2) is 72.8 Å². The summed E-state index contributed by atoms with van der Waals surface area (Å²) >= 11 is 0. The largest absolute Gasteiger partial charge is 0.458 e. The third kappa shape index (κ3) is 6.96. The van der Waals surface area contributed by atoms with E-state index in [9.17, 15) is 4.79 Å². The molecule has 2 aromatic carbocycles. The predicted octanol–water partition coefficient (Wildman–Crippen LogP) is 6.40. The van der Waals surface area contributed by atoms with E-state index in [0.717, 1.165) is 25.7 Å². The molecule has 0 aromatic heterocycles. The lowest BCUT2D eigenvalue weighted by Crippen LogP contribution is -2.67. The number of hydrogen-bond acceptors (Lipinski definition) is 5. The number of hydrogen-bond donors (Lipinski definition) is 0. The van der Waals surface area contributed by atoms with Gasteiger partial charge in [-0.15, -0.1) is 0 Å². The quantitative estimate of drug-likeness (QED) is 0.247. The van der Waals surface area contributed by atoms with Gasteiger partial charge >= 0.3 is 5.97 Å². The summed E-state index contributed by atoms with van der Waals surface area (Å²) in [4.78, 5) is 11.9. The normalized spacial score (nSPS) is 25.8. The van der Waals surface area contributed by atoms with Gasteiger partial charge in [-0.2, -0.15) is 0 Å². The van der Waals surface area contributed by atoms with Gasteiger partial charge in [0.05, 0.1) is 18.8 Å². The first-order valence-electron chi connectivity index (χ1n) is 14.9. The predicted molar refractivity (Wildman–Crippen MR) is 163 cm³/mol. The van der Waals surface area contributed by atoms with Crippen molar-refractivity contribution < 1.29 is 23.4 Å². The van der Waals surface area contributed by atoms with Crippen LogP contribution in [-0.4, -0.2) is 45.0 Å². The van der Waals surface area contributed by atoms with Gasteiger partial charge in [0.1, 0.15) is 6.10 Å². The molecule has 2 aromatic rings. The third-order valence-corrected chi connectivity index (χ3v) is 13.5. The van der Waals surface area contributed by atoms with Crippen LogP contribution in [0.3, 0.4) is 0 Å². The zero-order valence-corrected chi connectivity index (χ0v) is 26.4. The van der Waals surface area contributed by atoms with Gasteiger partial charge in [0.25, 0.3) is 8.32 Å². The van der Waals surface area contributed by atoms with E-state index in [2.05, 4.69) is 95.3 Å². The molecule has 1 saturated heterocycles. The fraction of sp³-hybridized carbons (Fsp3) is 0.559. The molecule has 5 nitrogen and oxygen atoms in total. The second-order valence-corrected chi connectivity index (χ2v) is 17.3. The molecule has 0 amide bonds. The molecule has 0 saturated carbocycles. The van der Waals surface area contributed by atoms with E-state index in [1.54, 1.807) is 6.08 Å². The fourth-order valence-electron chi connectivity index (χ4n) is 6.57. The Kier molecular flexibility index (Phi) is 9.77. The van der Waals surface area contributed by atoms with E-state index in [1.807, 2.05) is 19.9 Å². The molecule has 2 heterocycles. The minimum atomic E-state index is -2.65. The highest BCUT2D eigenvalue weighted by Crippen LogP contribution is 2.38. The molecule has 0 spiro atoms. The smallest absolute Gasteiger partial charge is 0.330 e. The van der Waals surface area contributed by atoms with Crippen LogP contribution < -0.4 is 10.4 Å².